The lowest BCUT2D eigenvalue weighted by Crippen LogP contribution is -2.49. The van der Waals surface area contributed by atoms with Crippen molar-refractivity contribution in [3.8, 4) is 0 Å². The molecule has 1 aliphatic rings. The molecule has 0 radical (unpaired) electrons. The van der Waals surface area contributed by atoms with Gasteiger partial charge in [-0.05, 0) is 18.1 Å². The van der Waals surface area contributed by atoms with Gasteiger partial charge in [0.05, 0.1) is 25.7 Å². The summed E-state index contributed by atoms with van der Waals surface area (Å²) in [5.41, 5.74) is 0.926. The van der Waals surface area contributed by atoms with Gasteiger partial charge in [-0.15, -0.1) is 0 Å². The quantitative estimate of drug-likeness (QED) is 0.903. The number of amides is 1. The van der Waals surface area contributed by atoms with E-state index in [1.165, 1.54) is 0 Å². The number of aliphatic carboxylic acids is 1. The van der Waals surface area contributed by atoms with Crippen LogP contribution in [-0.2, 0) is 20.7 Å². The van der Waals surface area contributed by atoms with Crippen LogP contribution in [0.25, 0.3) is 0 Å². The summed E-state index contributed by atoms with van der Waals surface area (Å²) >= 11 is 6.07. The summed E-state index contributed by atoms with van der Waals surface area (Å²) in [4.78, 5) is 24.8. The van der Waals surface area contributed by atoms with Gasteiger partial charge in [0.1, 0.15) is 0 Å². The lowest BCUT2D eigenvalue weighted by atomic mass is 10.1. The Morgan fingerprint density at radius 3 is 2.86 bits per heavy atom. The van der Waals surface area contributed by atoms with Crippen molar-refractivity contribution in [1.82, 2.24) is 4.90 Å². The molecule has 5 nitrogen and oxygen atoms in total. The van der Waals surface area contributed by atoms with E-state index in [4.69, 9.17) is 21.4 Å². The van der Waals surface area contributed by atoms with Crippen molar-refractivity contribution < 1.29 is 19.4 Å². The van der Waals surface area contributed by atoms with Crippen LogP contribution in [0, 0.1) is 0 Å². The van der Waals surface area contributed by atoms with Gasteiger partial charge in [0.25, 0.3) is 0 Å². The van der Waals surface area contributed by atoms with E-state index in [1.807, 2.05) is 18.2 Å². The Bertz CT molecular complexity index is 520. The molecule has 0 spiro atoms. The minimum Gasteiger partial charge on any atom is -0.481 e. The number of carboxylic acids is 1. The van der Waals surface area contributed by atoms with Gasteiger partial charge in [-0.25, -0.2) is 0 Å². The normalized spacial score (nSPS) is 18.5. The first-order valence-electron chi connectivity index (χ1n) is 6.90. The number of hydrogen-bond acceptors (Lipinski definition) is 3. The average molecular weight is 312 g/mol. The maximum absolute atomic E-state index is 12.3. The molecular weight excluding hydrogens is 294 g/mol. The molecule has 1 aromatic rings. The van der Waals surface area contributed by atoms with E-state index in [-0.39, 0.29) is 25.0 Å². The van der Waals surface area contributed by atoms with Crippen LogP contribution in [0.2, 0.25) is 5.02 Å². The maximum atomic E-state index is 12.3. The topological polar surface area (TPSA) is 66.8 Å². The Morgan fingerprint density at radius 2 is 2.14 bits per heavy atom. The number of benzene rings is 1. The molecule has 0 aromatic heterocycles. The van der Waals surface area contributed by atoms with E-state index >= 15 is 0 Å². The lowest BCUT2D eigenvalue weighted by Gasteiger charge is -2.35. The first-order chi connectivity index (χ1) is 10.1. The summed E-state index contributed by atoms with van der Waals surface area (Å²) in [6, 6.07) is 7.04. The van der Waals surface area contributed by atoms with Gasteiger partial charge in [-0.1, -0.05) is 29.8 Å². The molecular formula is C15H18ClNO4. The Balaban J connectivity index is 1.94. The van der Waals surface area contributed by atoms with Gasteiger partial charge in [0.15, 0.2) is 0 Å². The molecule has 0 saturated carbocycles. The third-order valence-electron chi connectivity index (χ3n) is 3.52. The number of rotatable bonds is 5. The van der Waals surface area contributed by atoms with Crippen LogP contribution in [-0.4, -0.2) is 47.7 Å². The summed E-state index contributed by atoms with van der Waals surface area (Å²) in [5, 5.41) is 9.55. The smallest absolute Gasteiger partial charge is 0.305 e. The fourth-order valence-electron chi connectivity index (χ4n) is 2.44. The van der Waals surface area contributed by atoms with E-state index in [2.05, 4.69) is 0 Å². The minimum atomic E-state index is -0.922. The standard InChI is InChI=1S/C15H18ClNO4/c16-13-4-2-1-3-11(13)5-6-14(18)17-7-8-21-10-12(17)9-15(19)20/h1-4,12H,5-10H2,(H,19,20). The second-order valence-corrected chi connectivity index (χ2v) is 5.41. The van der Waals surface area contributed by atoms with Crippen LogP contribution < -0.4 is 0 Å². The van der Waals surface area contributed by atoms with Crippen molar-refractivity contribution in [2.75, 3.05) is 19.8 Å². The summed E-state index contributed by atoms with van der Waals surface area (Å²) in [6.45, 7) is 1.18. The maximum Gasteiger partial charge on any atom is 0.305 e. The molecule has 0 aliphatic carbocycles. The Morgan fingerprint density at radius 1 is 1.38 bits per heavy atom. The fraction of sp³-hybridized carbons (Fsp3) is 0.467. The van der Waals surface area contributed by atoms with E-state index in [1.54, 1.807) is 11.0 Å². The van der Waals surface area contributed by atoms with Crippen molar-refractivity contribution in [1.29, 1.82) is 0 Å². The fourth-order valence-corrected chi connectivity index (χ4v) is 2.67. The number of carboxylic acid groups (broad SMARTS) is 1. The van der Waals surface area contributed by atoms with Crippen LogP contribution >= 0.6 is 11.6 Å². The molecule has 1 amide bonds. The van der Waals surface area contributed by atoms with Crippen LogP contribution in [0.4, 0.5) is 0 Å². The number of hydrogen-bond donors (Lipinski definition) is 1. The molecule has 1 unspecified atom stereocenters. The molecule has 1 N–H and O–H groups in total. The zero-order valence-electron chi connectivity index (χ0n) is 11.6. The molecule has 0 bridgehead atoms. The SMILES string of the molecule is O=C(O)CC1COCCN1C(=O)CCc1ccccc1Cl. The number of aryl methyl sites for hydroxylation is 1. The molecule has 1 saturated heterocycles. The van der Waals surface area contributed by atoms with Crippen molar-refractivity contribution in [3.63, 3.8) is 0 Å². The number of carbonyl (C=O) groups excluding carboxylic acids is 1. The van der Waals surface area contributed by atoms with Crippen LogP contribution in [0.3, 0.4) is 0 Å². The Kier molecular flexibility index (Phi) is 5.59. The van der Waals surface area contributed by atoms with E-state index in [0.29, 0.717) is 31.0 Å². The highest BCUT2D eigenvalue weighted by Gasteiger charge is 2.28. The highest BCUT2D eigenvalue weighted by molar-refractivity contribution is 6.31. The largest absolute Gasteiger partial charge is 0.481 e. The number of morpholine rings is 1. The van der Waals surface area contributed by atoms with Crippen LogP contribution in [0.15, 0.2) is 24.3 Å². The van der Waals surface area contributed by atoms with Gasteiger partial charge in [-0.2, -0.15) is 0 Å². The monoisotopic (exact) mass is 311 g/mol. The molecule has 1 atom stereocenters. The molecule has 6 heteroatoms. The van der Waals surface area contributed by atoms with Crippen molar-refractivity contribution in [2.45, 2.75) is 25.3 Å². The van der Waals surface area contributed by atoms with Gasteiger partial charge >= 0.3 is 5.97 Å². The predicted molar refractivity (Wildman–Crippen MR) is 78.3 cm³/mol. The second kappa shape index (κ2) is 7.43. The minimum absolute atomic E-state index is 0.0514. The van der Waals surface area contributed by atoms with Crippen molar-refractivity contribution >= 4 is 23.5 Å². The Labute approximate surface area is 128 Å². The third-order valence-corrected chi connectivity index (χ3v) is 3.89. The predicted octanol–water partition coefficient (Wildman–Crippen LogP) is 1.97. The summed E-state index contributed by atoms with van der Waals surface area (Å²) in [5.74, 6) is -0.973. The van der Waals surface area contributed by atoms with E-state index < -0.39 is 5.97 Å². The van der Waals surface area contributed by atoms with Crippen molar-refractivity contribution in [3.05, 3.63) is 34.9 Å². The number of nitrogens with zero attached hydrogens (tertiary/aromatic N) is 1. The van der Waals surface area contributed by atoms with Gasteiger partial charge in [0, 0.05) is 18.0 Å². The van der Waals surface area contributed by atoms with Crippen LogP contribution in [0.5, 0.6) is 0 Å². The van der Waals surface area contributed by atoms with Gasteiger partial charge in [-0.3, -0.25) is 9.59 Å². The van der Waals surface area contributed by atoms with Gasteiger partial charge in [0.2, 0.25) is 5.91 Å². The van der Waals surface area contributed by atoms with E-state index in [0.717, 1.165) is 5.56 Å². The molecule has 1 fully saturated rings. The second-order valence-electron chi connectivity index (χ2n) is 5.01. The van der Waals surface area contributed by atoms with Crippen LogP contribution in [0.1, 0.15) is 18.4 Å². The lowest BCUT2D eigenvalue weighted by molar-refractivity contribution is -0.146. The molecule has 21 heavy (non-hydrogen) atoms. The summed E-state index contributed by atoms with van der Waals surface area (Å²) in [7, 11) is 0. The number of carbonyl (C=O) groups is 2. The highest BCUT2D eigenvalue weighted by atomic mass is 35.5. The van der Waals surface area contributed by atoms with E-state index in [9.17, 15) is 9.59 Å². The van der Waals surface area contributed by atoms with Crippen molar-refractivity contribution in [2.24, 2.45) is 0 Å². The average Bonchev–Trinajstić information content (AvgIpc) is 2.46. The summed E-state index contributed by atoms with van der Waals surface area (Å²) in [6.07, 6.45) is 0.785. The summed E-state index contributed by atoms with van der Waals surface area (Å²) < 4.78 is 5.27. The first-order valence-corrected chi connectivity index (χ1v) is 7.28. The highest BCUT2D eigenvalue weighted by Crippen LogP contribution is 2.18. The molecule has 114 valence electrons. The number of ether oxygens (including phenoxy) is 1. The molecule has 1 heterocycles. The zero-order chi connectivity index (χ0) is 15.2. The van der Waals surface area contributed by atoms with Gasteiger partial charge < -0.3 is 14.7 Å². The number of halogens is 1. The zero-order valence-corrected chi connectivity index (χ0v) is 12.4. The first kappa shape index (κ1) is 15.8. The molecule has 2 rings (SSSR count). The third kappa shape index (κ3) is 4.44. The Hall–Kier alpha value is -1.59. The molecule has 1 aliphatic heterocycles. The molecule has 1 aromatic carbocycles.